The molecular weight excluding hydrogens is 288 g/mol. The zero-order valence-corrected chi connectivity index (χ0v) is 14.1. The molecule has 1 N–H and O–H groups in total. The molecular formula is C16H25ClN2O2. The molecule has 0 aliphatic carbocycles. The van der Waals surface area contributed by atoms with E-state index in [2.05, 4.69) is 24.1 Å². The summed E-state index contributed by atoms with van der Waals surface area (Å²) in [4.78, 5) is 2.35. The lowest BCUT2D eigenvalue weighted by atomic mass is 9.90. The number of anilines is 1. The minimum absolute atomic E-state index is 0.162. The number of methoxy groups -OCH3 is 2. The number of rotatable bonds is 5. The zero-order chi connectivity index (χ0) is 15.5. The van der Waals surface area contributed by atoms with Gasteiger partial charge in [-0.2, -0.15) is 0 Å². The highest BCUT2D eigenvalue weighted by Gasteiger charge is 2.33. The Morgan fingerprint density at radius 3 is 2.43 bits per heavy atom. The third-order valence-corrected chi connectivity index (χ3v) is 4.82. The molecule has 1 aromatic carbocycles. The molecule has 0 aromatic heterocycles. The van der Waals surface area contributed by atoms with Crippen molar-refractivity contribution in [3.05, 3.63) is 17.2 Å². The maximum atomic E-state index is 6.29. The molecule has 21 heavy (non-hydrogen) atoms. The molecule has 1 aliphatic rings. The van der Waals surface area contributed by atoms with Crippen molar-refractivity contribution in [2.45, 2.75) is 32.2 Å². The van der Waals surface area contributed by atoms with Gasteiger partial charge < -0.3 is 19.7 Å². The van der Waals surface area contributed by atoms with Crippen LogP contribution in [0.3, 0.4) is 0 Å². The Labute approximate surface area is 132 Å². The van der Waals surface area contributed by atoms with Crippen molar-refractivity contribution >= 4 is 17.3 Å². The lowest BCUT2D eigenvalue weighted by Crippen LogP contribution is -2.60. The van der Waals surface area contributed by atoms with Crippen LogP contribution >= 0.6 is 11.6 Å². The Morgan fingerprint density at radius 1 is 1.19 bits per heavy atom. The van der Waals surface area contributed by atoms with Gasteiger partial charge in [0.1, 0.15) is 11.5 Å². The van der Waals surface area contributed by atoms with Crippen LogP contribution in [0.2, 0.25) is 5.02 Å². The van der Waals surface area contributed by atoms with E-state index in [1.165, 1.54) is 0 Å². The van der Waals surface area contributed by atoms with Crippen molar-refractivity contribution in [3.63, 3.8) is 0 Å². The second-order valence-electron chi connectivity index (χ2n) is 5.49. The van der Waals surface area contributed by atoms with E-state index in [-0.39, 0.29) is 5.54 Å². The summed E-state index contributed by atoms with van der Waals surface area (Å²) >= 11 is 6.29. The molecule has 118 valence electrons. The standard InChI is InChI=1S/C16H25ClN2O2/c1-5-16(6-2)11-19(8-7-18-16)13-9-12(17)14(20-3)10-15(13)21-4/h9-10,18H,5-8,11H2,1-4H3. The topological polar surface area (TPSA) is 33.7 Å². The Morgan fingerprint density at radius 2 is 1.86 bits per heavy atom. The van der Waals surface area contributed by atoms with Crippen LogP contribution in [0.5, 0.6) is 11.5 Å². The van der Waals surface area contributed by atoms with Gasteiger partial charge in [-0.1, -0.05) is 25.4 Å². The molecule has 0 bridgehead atoms. The lowest BCUT2D eigenvalue weighted by Gasteiger charge is -2.44. The third-order valence-electron chi connectivity index (χ3n) is 4.52. The van der Waals surface area contributed by atoms with Gasteiger partial charge in [-0.3, -0.25) is 0 Å². The Hall–Kier alpha value is -1.13. The van der Waals surface area contributed by atoms with Crippen LogP contribution in [0.15, 0.2) is 12.1 Å². The van der Waals surface area contributed by atoms with Gasteiger partial charge in [0.05, 0.1) is 24.9 Å². The molecule has 1 fully saturated rings. The third kappa shape index (κ3) is 3.22. The Bertz CT molecular complexity index is 489. The first-order valence-electron chi connectivity index (χ1n) is 7.50. The summed E-state index contributed by atoms with van der Waals surface area (Å²) < 4.78 is 10.8. The molecule has 0 radical (unpaired) electrons. The first-order valence-corrected chi connectivity index (χ1v) is 7.88. The predicted molar refractivity (Wildman–Crippen MR) is 88.1 cm³/mol. The first-order chi connectivity index (χ1) is 10.1. The highest BCUT2D eigenvalue weighted by atomic mass is 35.5. The van der Waals surface area contributed by atoms with Crippen molar-refractivity contribution in [3.8, 4) is 11.5 Å². The van der Waals surface area contributed by atoms with E-state index in [1.54, 1.807) is 14.2 Å². The average Bonchev–Trinajstić information content (AvgIpc) is 2.54. The smallest absolute Gasteiger partial charge is 0.145 e. The summed E-state index contributed by atoms with van der Waals surface area (Å²) in [7, 11) is 3.30. The maximum absolute atomic E-state index is 6.29. The molecule has 2 rings (SSSR count). The molecule has 4 nitrogen and oxygen atoms in total. The van der Waals surface area contributed by atoms with Crippen LogP contribution in [0.25, 0.3) is 0 Å². The van der Waals surface area contributed by atoms with Crippen molar-refractivity contribution in [1.82, 2.24) is 5.32 Å². The highest BCUT2D eigenvalue weighted by Crippen LogP contribution is 2.39. The molecule has 0 atom stereocenters. The maximum Gasteiger partial charge on any atom is 0.145 e. The van der Waals surface area contributed by atoms with Crippen LogP contribution < -0.4 is 19.7 Å². The number of hydrogen-bond acceptors (Lipinski definition) is 4. The van der Waals surface area contributed by atoms with Crippen LogP contribution in [0.1, 0.15) is 26.7 Å². The van der Waals surface area contributed by atoms with E-state index in [4.69, 9.17) is 21.1 Å². The van der Waals surface area contributed by atoms with Gasteiger partial charge in [-0.15, -0.1) is 0 Å². The zero-order valence-electron chi connectivity index (χ0n) is 13.3. The monoisotopic (exact) mass is 312 g/mol. The number of hydrogen-bond donors (Lipinski definition) is 1. The quantitative estimate of drug-likeness (QED) is 0.904. The number of nitrogens with zero attached hydrogens (tertiary/aromatic N) is 1. The van der Waals surface area contributed by atoms with Gasteiger partial charge in [0.25, 0.3) is 0 Å². The summed E-state index contributed by atoms with van der Waals surface area (Å²) in [6.45, 7) is 7.34. The largest absolute Gasteiger partial charge is 0.495 e. The molecule has 1 aliphatic heterocycles. The van der Waals surface area contributed by atoms with E-state index in [1.807, 2.05) is 12.1 Å². The number of ether oxygens (including phenoxy) is 2. The van der Waals surface area contributed by atoms with E-state index in [0.29, 0.717) is 10.8 Å². The SMILES string of the molecule is CCC1(CC)CN(c2cc(Cl)c(OC)cc2OC)CCN1. The van der Waals surface area contributed by atoms with Gasteiger partial charge in [0.2, 0.25) is 0 Å². The molecule has 1 saturated heterocycles. The highest BCUT2D eigenvalue weighted by molar-refractivity contribution is 6.32. The average molecular weight is 313 g/mol. The molecule has 0 amide bonds. The summed E-state index contributed by atoms with van der Waals surface area (Å²) in [5.74, 6) is 1.45. The van der Waals surface area contributed by atoms with E-state index in [0.717, 1.165) is 43.9 Å². The van der Waals surface area contributed by atoms with Crippen LogP contribution in [-0.4, -0.2) is 39.4 Å². The van der Waals surface area contributed by atoms with Gasteiger partial charge in [-0.05, 0) is 18.9 Å². The van der Waals surface area contributed by atoms with Gasteiger partial charge >= 0.3 is 0 Å². The molecule has 0 saturated carbocycles. The Balaban J connectivity index is 2.34. The second-order valence-corrected chi connectivity index (χ2v) is 5.90. The van der Waals surface area contributed by atoms with Crippen LogP contribution in [0, 0.1) is 0 Å². The number of nitrogens with one attached hydrogen (secondary N) is 1. The van der Waals surface area contributed by atoms with E-state index >= 15 is 0 Å². The number of benzene rings is 1. The second kappa shape index (κ2) is 6.75. The molecule has 1 heterocycles. The van der Waals surface area contributed by atoms with Crippen LogP contribution in [-0.2, 0) is 0 Å². The normalized spacial score (nSPS) is 17.7. The predicted octanol–water partition coefficient (Wildman–Crippen LogP) is 3.33. The minimum Gasteiger partial charge on any atom is -0.495 e. The fraction of sp³-hybridized carbons (Fsp3) is 0.625. The molecule has 1 aromatic rings. The first kappa shape index (κ1) is 16.2. The minimum atomic E-state index is 0.162. The van der Waals surface area contributed by atoms with Crippen molar-refractivity contribution in [2.75, 3.05) is 38.8 Å². The van der Waals surface area contributed by atoms with Gasteiger partial charge in [-0.25, -0.2) is 0 Å². The van der Waals surface area contributed by atoms with Crippen molar-refractivity contribution in [1.29, 1.82) is 0 Å². The number of piperazine rings is 1. The summed E-state index contributed by atoms with van der Waals surface area (Å²) in [5, 5.41) is 4.28. The van der Waals surface area contributed by atoms with E-state index in [9.17, 15) is 0 Å². The number of halogens is 1. The van der Waals surface area contributed by atoms with Crippen LogP contribution in [0.4, 0.5) is 5.69 Å². The molecule has 5 heteroatoms. The fourth-order valence-corrected chi connectivity index (χ4v) is 3.21. The molecule has 0 spiro atoms. The van der Waals surface area contributed by atoms with Crippen molar-refractivity contribution < 1.29 is 9.47 Å². The summed E-state index contributed by atoms with van der Waals surface area (Å²) in [6, 6.07) is 3.81. The summed E-state index contributed by atoms with van der Waals surface area (Å²) in [5.41, 5.74) is 1.20. The summed E-state index contributed by atoms with van der Waals surface area (Å²) in [6.07, 6.45) is 2.21. The van der Waals surface area contributed by atoms with E-state index < -0.39 is 0 Å². The lowest BCUT2D eigenvalue weighted by molar-refractivity contribution is 0.276. The van der Waals surface area contributed by atoms with Gasteiger partial charge in [0, 0.05) is 31.2 Å². The van der Waals surface area contributed by atoms with Crippen molar-refractivity contribution in [2.24, 2.45) is 0 Å². The molecule has 0 unspecified atom stereocenters. The van der Waals surface area contributed by atoms with Gasteiger partial charge in [0.15, 0.2) is 0 Å². The Kier molecular flexibility index (Phi) is 5.22. The fourth-order valence-electron chi connectivity index (χ4n) is 2.98.